The monoisotopic (exact) mass is 382 g/mol. The molecule has 5 heteroatoms. The number of hydrogen-bond acceptors (Lipinski definition) is 3. The molecule has 2 atom stereocenters. The van der Waals surface area contributed by atoms with Crippen LogP contribution in [0, 0.1) is 12.8 Å². The predicted molar refractivity (Wildman–Crippen MR) is 111 cm³/mol. The average Bonchev–Trinajstić information content (AvgIpc) is 3.12. The third-order valence-electron chi connectivity index (χ3n) is 4.83. The largest absolute Gasteiger partial charge is 0.350 e. The SMILES string of the molecule is Cc1ccccc1C(=O)N1C(C(=O)NCc2ccccc2)CSC1C(C)C. The molecule has 1 N–H and O–H groups in total. The fourth-order valence-electron chi connectivity index (χ4n) is 3.36. The minimum Gasteiger partial charge on any atom is -0.350 e. The predicted octanol–water partition coefficient (Wildman–Crippen LogP) is 3.85. The summed E-state index contributed by atoms with van der Waals surface area (Å²) in [6.45, 7) is 6.60. The molecule has 0 bridgehead atoms. The molecule has 27 heavy (non-hydrogen) atoms. The number of hydrogen-bond donors (Lipinski definition) is 1. The lowest BCUT2D eigenvalue weighted by Crippen LogP contribution is -2.50. The summed E-state index contributed by atoms with van der Waals surface area (Å²) in [6, 6.07) is 17.0. The van der Waals surface area contributed by atoms with Crippen LogP contribution in [-0.4, -0.2) is 33.9 Å². The Hall–Kier alpha value is -2.27. The number of carbonyl (C=O) groups excluding carboxylic acids is 2. The Morgan fingerprint density at radius 3 is 2.44 bits per heavy atom. The summed E-state index contributed by atoms with van der Waals surface area (Å²) in [6.07, 6.45) is 0. The van der Waals surface area contributed by atoms with Crippen molar-refractivity contribution in [3.8, 4) is 0 Å². The van der Waals surface area contributed by atoms with E-state index in [1.807, 2.05) is 61.5 Å². The smallest absolute Gasteiger partial charge is 0.255 e. The van der Waals surface area contributed by atoms with E-state index in [2.05, 4.69) is 19.2 Å². The van der Waals surface area contributed by atoms with Crippen LogP contribution in [-0.2, 0) is 11.3 Å². The second-order valence-corrected chi connectivity index (χ2v) is 8.36. The normalized spacial score (nSPS) is 19.3. The first-order valence-electron chi connectivity index (χ1n) is 9.30. The molecule has 0 aliphatic carbocycles. The van der Waals surface area contributed by atoms with Gasteiger partial charge in [0.1, 0.15) is 6.04 Å². The van der Waals surface area contributed by atoms with Gasteiger partial charge in [0.05, 0.1) is 5.37 Å². The average molecular weight is 383 g/mol. The van der Waals surface area contributed by atoms with Gasteiger partial charge in [0.2, 0.25) is 5.91 Å². The van der Waals surface area contributed by atoms with E-state index in [1.54, 1.807) is 16.7 Å². The van der Waals surface area contributed by atoms with Crippen molar-refractivity contribution in [3.05, 3.63) is 71.3 Å². The van der Waals surface area contributed by atoms with E-state index in [0.717, 1.165) is 11.1 Å². The van der Waals surface area contributed by atoms with Crippen LogP contribution < -0.4 is 5.32 Å². The molecule has 3 rings (SSSR count). The van der Waals surface area contributed by atoms with E-state index in [1.165, 1.54) is 0 Å². The Morgan fingerprint density at radius 1 is 1.11 bits per heavy atom. The second-order valence-electron chi connectivity index (χ2n) is 7.21. The van der Waals surface area contributed by atoms with Gasteiger partial charge in [-0.05, 0) is 30.0 Å². The summed E-state index contributed by atoms with van der Waals surface area (Å²) in [7, 11) is 0. The van der Waals surface area contributed by atoms with Gasteiger partial charge in [0.25, 0.3) is 5.91 Å². The molecule has 2 aromatic rings. The lowest BCUT2D eigenvalue weighted by Gasteiger charge is -2.31. The molecule has 0 spiro atoms. The molecule has 1 aliphatic rings. The summed E-state index contributed by atoms with van der Waals surface area (Å²) >= 11 is 1.69. The summed E-state index contributed by atoms with van der Waals surface area (Å²) in [5.41, 5.74) is 2.66. The molecule has 0 radical (unpaired) electrons. The van der Waals surface area contributed by atoms with Gasteiger partial charge in [-0.1, -0.05) is 62.4 Å². The molecule has 0 saturated carbocycles. The molecule has 2 aromatic carbocycles. The maximum absolute atomic E-state index is 13.3. The second kappa shape index (κ2) is 8.61. The van der Waals surface area contributed by atoms with Crippen LogP contribution in [0.4, 0.5) is 0 Å². The van der Waals surface area contributed by atoms with Crippen LogP contribution >= 0.6 is 11.8 Å². The lowest BCUT2D eigenvalue weighted by atomic mass is 10.0. The Labute approximate surface area is 165 Å². The van der Waals surface area contributed by atoms with Gasteiger partial charge < -0.3 is 10.2 Å². The van der Waals surface area contributed by atoms with Crippen LogP contribution in [0.1, 0.15) is 35.3 Å². The fourth-order valence-corrected chi connectivity index (χ4v) is 4.83. The Balaban J connectivity index is 1.79. The molecular formula is C22H26N2O2S. The molecule has 1 heterocycles. The first kappa shape index (κ1) is 19.5. The van der Waals surface area contributed by atoms with Crippen LogP contribution in [0.2, 0.25) is 0 Å². The third kappa shape index (κ3) is 4.35. The maximum Gasteiger partial charge on any atom is 0.255 e. The lowest BCUT2D eigenvalue weighted by molar-refractivity contribution is -0.125. The van der Waals surface area contributed by atoms with Crippen molar-refractivity contribution in [2.75, 3.05) is 5.75 Å². The molecular weight excluding hydrogens is 356 g/mol. The number of thioether (sulfide) groups is 1. The summed E-state index contributed by atoms with van der Waals surface area (Å²) in [5.74, 6) is 0.754. The number of carbonyl (C=O) groups is 2. The molecule has 4 nitrogen and oxygen atoms in total. The zero-order chi connectivity index (χ0) is 19.4. The van der Waals surface area contributed by atoms with Gasteiger partial charge in [-0.2, -0.15) is 0 Å². The molecule has 0 aromatic heterocycles. The van der Waals surface area contributed by atoms with Crippen molar-refractivity contribution in [2.24, 2.45) is 5.92 Å². The topological polar surface area (TPSA) is 49.4 Å². The zero-order valence-electron chi connectivity index (χ0n) is 16.0. The summed E-state index contributed by atoms with van der Waals surface area (Å²) < 4.78 is 0. The van der Waals surface area contributed by atoms with Gasteiger partial charge >= 0.3 is 0 Å². The highest BCUT2D eigenvalue weighted by atomic mass is 32.2. The van der Waals surface area contributed by atoms with E-state index in [-0.39, 0.29) is 23.1 Å². The van der Waals surface area contributed by atoms with Gasteiger partial charge in [-0.15, -0.1) is 11.8 Å². The number of aryl methyl sites for hydroxylation is 1. The zero-order valence-corrected chi connectivity index (χ0v) is 16.8. The van der Waals surface area contributed by atoms with Crippen LogP contribution in [0.3, 0.4) is 0 Å². The summed E-state index contributed by atoms with van der Waals surface area (Å²) in [5, 5.41) is 3.01. The van der Waals surface area contributed by atoms with Gasteiger partial charge in [0, 0.05) is 17.9 Å². The van der Waals surface area contributed by atoms with E-state index in [4.69, 9.17) is 0 Å². The first-order valence-corrected chi connectivity index (χ1v) is 10.4. The van der Waals surface area contributed by atoms with Crippen LogP contribution in [0.15, 0.2) is 54.6 Å². The number of amides is 2. The quantitative estimate of drug-likeness (QED) is 0.854. The van der Waals surface area contributed by atoms with E-state index in [0.29, 0.717) is 17.9 Å². The van der Waals surface area contributed by atoms with Crippen molar-refractivity contribution >= 4 is 23.6 Å². The first-order chi connectivity index (χ1) is 13.0. The fraction of sp³-hybridized carbons (Fsp3) is 0.364. The van der Waals surface area contributed by atoms with Crippen molar-refractivity contribution in [3.63, 3.8) is 0 Å². The maximum atomic E-state index is 13.3. The standard InChI is InChI=1S/C22H26N2O2S/c1-15(2)22-24(21(26)18-12-8-7-9-16(18)3)19(14-27-22)20(25)23-13-17-10-5-4-6-11-17/h4-12,15,19,22H,13-14H2,1-3H3,(H,23,25). The molecule has 1 fully saturated rings. The van der Waals surface area contributed by atoms with Crippen molar-refractivity contribution in [2.45, 2.75) is 38.7 Å². The number of rotatable bonds is 5. The van der Waals surface area contributed by atoms with E-state index >= 15 is 0 Å². The Kier molecular flexibility index (Phi) is 6.22. The molecule has 2 unspecified atom stereocenters. The van der Waals surface area contributed by atoms with Crippen molar-refractivity contribution in [1.29, 1.82) is 0 Å². The van der Waals surface area contributed by atoms with Crippen LogP contribution in [0.5, 0.6) is 0 Å². The van der Waals surface area contributed by atoms with Gasteiger partial charge in [-0.3, -0.25) is 9.59 Å². The highest BCUT2D eigenvalue weighted by Gasteiger charge is 2.43. The molecule has 142 valence electrons. The van der Waals surface area contributed by atoms with E-state index in [9.17, 15) is 9.59 Å². The minimum absolute atomic E-state index is 0.00424. The third-order valence-corrected chi connectivity index (χ3v) is 6.45. The number of nitrogens with zero attached hydrogens (tertiary/aromatic N) is 1. The van der Waals surface area contributed by atoms with Crippen molar-refractivity contribution < 1.29 is 9.59 Å². The van der Waals surface area contributed by atoms with Gasteiger partial charge in [0.15, 0.2) is 0 Å². The summed E-state index contributed by atoms with van der Waals surface area (Å²) in [4.78, 5) is 28.0. The van der Waals surface area contributed by atoms with Gasteiger partial charge in [-0.25, -0.2) is 0 Å². The van der Waals surface area contributed by atoms with E-state index < -0.39 is 6.04 Å². The highest BCUT2D eigenvalue weighted by Crippen LogP contribution is 2.35. The van der Waals surface area contributed by atoms with Crippen LogP contribution in [0.25, 0.3) is 0 Å². The number of nitrogens with one attached hydrogen (secondary N) is 1. The Morgan fingerprint density at radius 2 is 1.78 bits per heavy atom. The number of benzene rings is 2. The molecule has 2 amide bonds. The van der Waals surface area contributed by atoms with Crippen molar-refractivity contribution in [1.82, 2.24) is 10.2 Å². The molecule has 1 aliphatic heterocycles. The Bertz CT molecular complexity index is 807. The molecule has 1 saturated heterocycles. The highest BCUT2D eigenvalue weighted by molar-refractivity contribution is 8.00. The minimum atomic E-state index is -0.446.